The molecule has 0 heterocycles. The van der Waals surface area contributed by atoms with E-state index in [0.29, 0.717) is 12.8 Å². The van der Waals surface area contributed by atoms with Crippen molar-refractivity contribution >= 4 is 11.8 Å². The van der Waals surface area contributed by atoms with Crippen molar-refractivity contribution in [1.82, 2.24) is 0 Å². The average molecular weight is 306 g/mol. The number of esters is 1. The van der Waals surface area contributed by atoms with E-state index in [4.69, 9.17) is 4.74 Å². The molecule has 124 valence electrons. The fourth-order valence-electron chi connectivity index (χ4n) is 2.73. The van der Waals surface area contributed by atoms with E-state index < -0.39 is 5.92 Å². The number of hydrogen-bond donors (Lipinski definition) is 0. The average Bonchev–Trinajstić information content (AvgIpc) is 2.53. The van der Waals surface area contributed by atoms with Crippen LogP contribution in [0.5, 0.6) is 0 Å². The number of methoxy groups -OCH3 is 1. The molecule has 1 unspecified atom stereocenters. The summed E-state index contributed by atoms with van der Waals surface area (Å²) in [6.07, 6.45) is 19.5. The van der Waals surface area contributed by atoms with Gasteiger partial charge in [-0.2, -0.15) is 0 Å². The van der Waals surface area contributed by atoms with Crippen LogP contribution < -0.4 is 0 Å². The van der Waals surface area contributed by atoms with Crippen LogP contribution in [0.25, 0.3) is 0 Å². The largest absolute Gasteiger partial charge is 0.468 e. The molecular weight excluding hydrogens is 276 g/mol. The van der Waals surface area contributed by atoms with Crippen molar-refractivity contribution in [2.75, 3.05) is 7.11 Å². The number of carbonyl (C=O) groups is 2. The molecule has 0 aromatic heterocycles. The van der Waals surface area contributed by atoms with Crippen molar-refractivity contribution in [3.05, 3.63) is 24.3 Å². The van der Waals surface area contributed by atoms with E-state index in [0.717, 1.165) is 32.1 Å². The fraction of sp³-hybridized carbons (Fsp3) is 0.684. The van der Waals surface area contributed by atoms with Crippen molar-refractivity contribution < 1.29 is 14.3 Å². The maximum atomic E-state index is 12.2. The quantitative estimate of drug-likeness (QED) is 0.398. The first kappa shape index (κ1) is 18.7. The van der Waals surface area contributed by atoms with Gasteiger partial charge in [-0.25, -0.2) is 0 Å². The van der Waals surface area contributed by atoms with Crippen LogP contribution in [0.15, 0.2) is 24.3 Å². The van der Waals surface area contributed by atoms with Gasteiger partial charge < -0.3 is 4.74 Å². The zero-order valence-electron chi connectivity index (χ0n) is 13.9. The Morgan fingerprint density at radius 2 is 1.45 bits per heavy atom. The van der Waals surface area contributed by atoms with Gasteiger partial charge in [0.05, 0.1) is 7.11 Å². The first-order chi connectivity index (χ1) is 10.8. The lowest BCUT2D eigenvalue weighted by Gasteiger charge is -2.12. The predicted octanol–water partition coefficient (Wildman–Crippen LogP) is 4.76. The van der Waals surface area contributed by atoms with Gasteiger partial charge >= 0.3 is 5.97 Å². The summed E-state index contributed by atoms with van der Waals surface area (Å²) in [5, 5.41) is 0. The van der Waals surface area contributed by atoms with Crippen molar-refractivity contribution in [3.8, 4) is 0 Å². The molecule has 3 heteroatoms. The first-order valence-corrected chi connectivity index (χ1v) is 8.66. The number of rotatable bonds is 1. The summed E-state index contributed by atoms with van der Waals surface area (Å²) >= 11 is 0. The van der Waals surface area contributed by atoms with Crippen LogP contribution >= 0.6 is 0 Å². The summed E-state index contributed by atoms with van der Waals surface area (Å²) < 4.78 is 4.78. The lowest BCUT2D eigenvalue weighted by atomic mass is 9.94. The summed E-state index contributed by atoms with van der Waals surface area (Å²) in [6.45, 7) is 0. The molecule has 0 radical (unpaired) electrons. The molecule has 0 N–H and O–H groups in total. The Balaban J connectivity index is 2.56. The SMILES string of the molecule is COC(=O)C1CC/C=C/CCCCCC/C=C/CCCC1=O. The maximum Gasteiger partial charge on any atom is 0.316 e. The highest BCUT2D eigenvalue weighted by Gasteiger charge is 2.25. The molecule has 0 aromatic carbocycles. The van der Waals surface area contributed by atoms with Crippen LogP contribution in [-0.2, 0) is 14.3 Å². The van der Waals surface area contributed by atoms with Crippen LogP contribution in [0.3, 0.4) is 0 Å². The van der Waals surface area contributed by atoms with Crippen LogP contribution in [0.4, 0.5) is 0 Å². The summed E-state index contributed by atoms with van der Waals surface area (Å²) in [7, 11) is 1.36. The number of ketones is 1. The van der Waals surface area contributed by atoms with E-state index in [-0.39, 0.29) is 11.8 Å². The van der Waals surface area contributed by atoms with Crippen LogP contribution in [-0.4, -0.2) is 18.9 Å². The molecule has 0 spiro atoms. The van der Waals surface area contributed by atoms with Crippen LogP contribution in [0.2, 0.25) is 0 Å². The minimum atomic E-state index is -0.589. The van der Waals surface area contributed by atoms with Gasteiger partial charge in [-0.3, -0.25) is 9.59 Å². The summed E-state index contributed by atoms with van der Waals surface area (Å²) in [5.74, 6) is -0.945. The van der Waals surface area contributed by atoms with E-state index >= 15 is 0 Å². The molecular formula is C19H30O3. The highest BCUT2D eigenvalue weighted by molar-refractivity contribution is 5.98. The molecule has 1 aliphatic rings. The summed E-state index contributed by atoms with van der Waals surface area (Å²) in [5.41, 5.74) is 0. The second-order valence-electron chi connectivity index (χ2n) is 5.95. The molecule has 1 atom stereocenters. The maximum absolute atomic E-state index is 12.2. The Kier molecular flexibility index (Phi) is 10.3. The molecule has 1 aliphatic carbocycles. The highest BCUT2D eigenvalue weighted by Crippen LogP contribution is 2.16. The third kappa shape index (κ3) is 8.16. The lowest BCUT2D eigenvalue weighted by Crippen LogP contribution is -2.25. The summed E-state index contributed by atoms with van der Waals surface area (Å²) in [4.78, 5) is 24.0. The van der Waals surface area contributed by atoms with E-state index in [9.17, 15) is 9.59 Å². The van der Waals surface area contributed by atoms with Gasteiger partial charge in [0.15, 0.2) is 0 Å². The topological polar surface area (TPSA) is 43.4 Å². The second-order valence-corrected chi connectivity index (χ2v) is 5.95. The molecule has 1 rings (SSSR count). The molecule has 22 heavy (non-hydrogen) atoms. The lowest BCUT2D eigenvalue weighted by molar-refractivity contribution is -0.149. The second kappa shape index (κ2) is 12.2. The molecule has 0 aliphatic heterocycles. The standard InChI is InChI=1S/C19H30O3/c1-22-19(21)17-15-13-11-9-7-5-3-2-4-6-8-10-12-14-16-18(17)20/h8-11,17H,2-7,12-16H2,1H3/b10-8+,11-9+. The minimum absolute atomic E-state index is 0.0259. The molecule has 0 saturated carbocycles. The number of Topliss-reactive ketones (excluding diaryl/α,β-unsaturated/α-hetero) is 1. The highest BCUT2D eigenvalue weighted by atomic mass is 16.5. The smallest absolute Gasteiger partial charge is 0.316 e. The summed E-state index contributed by atoms with van der Waals surface area (Å²) in [6, 6.07) is 0. The van der Waals surface area contributed by atoms with Gasteiger partial charge in [-0.1, -0.05) is 37.1 Å². The van der Waals surface area contributed by atoms with E-state index in [1.165, 1.54) is 32.8 Å². The Morgan fingerprint density at radius 1 is 0.909 bits per heavy atom. The van der Waals surface area contributed by atoms with E-state index in [1.54, 1.807) is 0 Å². The van der Waals surface area contributed by atoms with Gasteiger partial charge in [0.25, 0.3) is 0 Å². The van der Waals surface area contributed by atoms with Gasteiger partial charge in [0.1, 0.15) is 11.7 Å². The normalized spacial score (nSPS) is 25.9. The third-order valence-corrected chi connectivity index (χ3v) is 4.12. The number of allylic oxidation sites excluding steroid dienone is 4. The molecule has 0 fully saturated rings. The van der Waals surface area contributed by atoms with Gasteiger partial charge in [-0.15, -0.1) is 0 Å². The third-order valence-electron chi connectivity index (χ3n) is 4.12. The Hall–Kier alpha value is -1.38. The van der Waals surface area contributed by atoms with Gasteiger partial charge in [-0.05, 0) is 51.4 Å². The molecule has 0 amide bonds. The molecule has 0 saturated heterocycles. The molecule has 3 nitrogen and oxygen atoms in total. The predicted molar refractivity (Wildman–Crippen MR) is 89.6 cm³/mol. The number of carbonyl (C=O) groups excluding carboxylic acids is 2. The van der Waals surface area contributed by atoms with Crippen molar-refractivity contribution in [2.45, 2.75) is 70.6 Å². The van der Waals surface area contributed by atoms with Crippen molar-refractivity contribution in [2.24, 2.45) is 5.92 Å². The van der Waals surface area contributed by atoms with Crippen LogP contribution in [0, 0.1) is 5.92 Å². The van der Waals surface area contributed by atoms with Crippen molar-refractivity contribution in [3.63, 3.8) is 0 Å². The number of ether oxygens (including phenoxy) is 1. The van der Waals surface area contributed by atoms with E-state index in [1.807, 2.05) is 0 Å². The Labute approximate surface area is 134 Å². The Bertz CT molecular complexity index is 382. The Morgan fingerprint density at radius 3 is 2.05 bits per heavy atom. The monoisotopic (exact) mass is 306 g/mol. The van der Waals surface area contributed by atoms with Crippen LogP contribution in [0.1, 0.15) is 70.6 Å². The van der Waals surface area contributed by atoms with E-state index in [2.05, 4.69) is 24.3 Å². The molecule has 0 aromatic rings. The zero-order chi connectivity index (χ0) is 16.0. The fourth-order valence-corrected chi connectivity index (χ4v) is 2.73. The number of hydrogen-bond acceptors (Lipinski definition) is 3. The minimum Gasteiger partial charge on any atom is -0.468 e. The van der Waals surface area contributed by atoms with Gasteiger partial charge in [0, 0.05) is 6.42 Å². The zero-order valence-corrected chi connectivity index (χ0v) is 13.9. The molecule has 0 bridgehead atoms. The van der Waals surface area contributed by atoms with Gasteiger partial charge in [0.2, 0.25) is 0 Å². The first-order valence-electron chi connectivity index (χ1n) is 8.66. The van der Waals surface area contributed by atoms with Crippen molar-refractivity contribution in [1.29, 1.82) is 0 Å².